The van der Waals surface area contributed by atoms with Gasteiger partial charge in [0.2, 0.25) is 5.82 Å². The molecule has 106 valence electrons. The molecular formula is C12H12Cl2N4O2. The van der Waals surface area contributed by atoms with E-state index < -0.39 is 4.92 Å². The van der Waals surface area contributed by atoms with E-state index in [4.69, 9.17) is 28.9 Å². The summed E-state index contributed by atoms with van der Waals surface area (Å²) >= 11 is 11.9. The fourth-order valence-electron chi connectivity index (χ4n) is 1.85. The number of nitrogens with zero attached hydrogens (tertiary/aromatic N) is 3. The van der Waals surface area contributed by atoms with Crippen LogP contribution in [0, 0.1) is 10.1 Å². The Balaban J connectivity index is 2.69. The molecule has 2 rings (SSSR count). The average Bonchev–Trinajstić information content (AvgIpc) is 2.67. The molecule has 1 aromatic heterocycles. The molecule has 0 spiro atoms. The molecule has 0 saturated carbocycles. The van der Waals surface area contributed by atoms with Gasteiger partial charge in [0.1, 0.15) is 5.69 Å². The van der Waals surface area contributed by atoms with Gasteiger partial charge in [0.05, 0.1) is 15.6 Å². The first-order valence-electron chi connectivity index (χ1n) is 5.81. The molecule has 0 aliphatic rings. The minimum atomic E-state index is -0.530. The zero-order valence-corrected chi connectivity index (χ0v) is 12.3. The van der Waals surface area contributed by atoms with Crippen LogP contribution in [0.2, 0.25) is 10.0 Å². The molecule has 0 atom stereocenters. The Hall–Kier alpha value is -1.79. The second-order valence-electron chi connectivity index (χ2n) is 4.54. The van der Waals surface area contributed by atoms with E-state index in [0.29, 0.717) is 21.4 Å². The van der Waals surface area contributed by atoms with Gasteiger partial charge in [-0.15, -0.1) is 0 Å². The van der Waals surface area contributed by atoms with Crippen LogP contribution in [0.15, 0.2) is 18.2 Å². The highest BCUT2D eigenvalue weighted by Crippen LogP contribution is 2.35. The minimum Gasteiger partial charge on any atom is -0.378 e. The van der Waals surface area contributed by atoms with Gasteiger partial charge in [0.25, 0.3) is 0 Å². The first-order chi connectivity index (χ1) is 9.32. The van der Waals surface area contributed by atoms with Crippen LogP contribution in [0.1, 0.15) is 25.5 Å². The van der Waals surface area contributed by atoms with E-state index in [9.17, 15) is 10.1 Å². The average molecular weight is 315 g/mol. The summed E-state index contributed by atoms with van der Waals surface area (Å²) in [6.07, 6.45) is 0. The highest BCUT2D eigenvalue weighted by atomic mass is 35.5. The summed E-state index contributed by atoms with van der Waals surface area (Å²) in [5, 5.41) is 16.1. The number of hydrogen-bond acceptors (Lipinski definition) is 4. The maximum absolute atomic E-state index is 11.1. The number of nitro groups is 1. The first-order valence-corrected chi connectivity index (χ1v) is 6.56. The first kappa shape index (κ1) is 14.6. The summed E-state index contributed by atoms with van der Waals surface area (Å²) in [6.45, 7) is 3.62. The van der Waals surface area contributed by atoms with E-state index in [1.807, 2.05) is 13.8 Å². The largest absolute Gasteiger partial charge is 0.378 e. The van der Waals surface area contributed by atoms with Crippen molar-refractivity contribution in [2.75, 3.05) is 5.73 Å². The van der Waals surface area contributed by atoms with Crippen LogP contribution < -0.4 is 5.73 Å². The fourth-order valence-corrected chi connectivity index (χ4v) is 2.34. The molecule has 0 bridgehead atoms. The predicted octanol–water partition coefficient (Wildman–Crippen LogP) is 3.79. The molecule has 0 unspecified atom stereocenters. The lowest BCUT2D eigenvalue weighted by atomic mass is 10.1. The van der Waals surface area contributed by atoms with Gasteiger partial charge in [0, 0.05) is 10.9 Å². The molecule has 0 fully saturated rings. The van der Waals surface area contributed by atoms with E-state index >= 15 is 0 Å². The number of benzene rings is 1. The summed E-state index contributed by atoms with van der Waals surface area (Å²) in [4.78, 5) is 10.6. The molecule has 0 amide bonds. The van der Waals surface area contributed by atoms with Crippen molar-refractivity contribution in [3.8, 4) is 5.69 Å². The van der Waals surface area contributed by atoms with Crippen LogP contribution in [0.4, 0.5) is 11.5 Å². The normalized spacial score (nSPS) is 11.1. The molecule has 0 aliphatic heterocycles. The second-order valence-corrected chi connectivity index (χ2v) is 5.38. The molecule has 0 aliphatic carbocycles. The van der Waals surface area contributed by atoms with Crippen molar-refractivity contribution < 1.29 is 4.92 Å². The Kier molecular flexibility index (Phi) is 3.87. The quantitative estimate of drug-likeness (QED) is 0.689. The van der Waals surface area contributed by atoms with Gasteiger partial charge >= 0.3 is 5.69 Å². The summed E-state index contributed by atoms with van der Waals surface area (Å²) in [5.74, 6) is -0.187. The van der Waals surface area contributed by atoms with E-state index in [1.54, 1.807) is 12.1 Å². The maximum atomic E-state index is 11.1. The van der Waals surface area contributed by atoms with E-state index in [2.05, 4.69) is 5.10 Å². The Morgan fingerprint density at radius 3 is 2.50 bits per heavy atom. The van der Waals surface area contributed by atoms with Crippen LogP contribution in [0.25, 0.3) is 5.69 Å². The van der Waals surface area contributed by atoms with E-state index in [-0.39, 0.29) is 17.4 Å². The monoisotopic (exact) mass is 314 g/mol. The van der Waals surface area contributed by atoms with Gasteiger partial charge in [-0.05, 0) is 18.2 Å². The van der Waals surface area contributed by atoms with Crippen molar-refractivity contribution in [1.82, 2.24) is 9.78 Å². The Bertz CT molecular complexity index is 682. The van der Waals surface area contributed by atoms with Gasteiger partial charge in [-0.25, -0.2) is 4.68 Å². The highest BCUT2D eigenvalue weighted by molar-refractivity contribution is 6.35. The molecule has 1 aromatic carbocycles. The molecule has 20 heavy (non-hydrogen) atoms. The topological polar surface area (TPSA) is 87.0 Å². The number of anilines is 1. The van der Waals surface area contributed by atoms with Gasteiger partial charge in [0.15, 0.2) is 0 Å². The minimum absolute atomic E-state index is 0.0528. The third-order valence-corrected chi connectivity index (χ3v) is 3.33. The molecule has 2 aromatic rings. The SMILES string of the molecule is CC(C)c1nn(-c2ccc(Cl)cc2Cl)c(N)c1[N+](=O)[O-]. The van der Waals surface area contributed by atoms with E-state index in [0.717, 1.165) is 0 Å². The van der Waals surface area contributed by atoms with Crippen LogP contribution in [0.3, 0.4) is 0 Å². The third kappa shape index (κ3) is 2.44. The zero-order chi connectivity index (χ0) is 15.0. The van der Waals surface area contributed by atoms with Gasteiger partial charge in [-0.2, -0.15) is 5.10 Å². The van der Waals surface area contributed by atoms with Crippen LogP contribution in [-0.2, 0) is 0 Å². The van der Waals surface area contributed by atoms with E-state index in [1.165, 1.54) is 10.7 Å². The summed E-state index contributed by atoms with van der Waals surface area (Å²) < 4.78 is 1.27. The van der Waals surface area contributed by atoms with Crippen molar-refractivity contribution in [2.45, 2.75) is 19.8 Å². The molecule has 1 heterocycles. The van der Waals surface area contributed by atoms with Gasteiger partial charge in [-0.3, -0.25) is 10.1 Å². The Labute approximate surface area is 125 Å². The number of halogens is 2. The Morgan fingerprint density at radius 2 is 2.05 bits per heavy atom. The van der Waals surface area contributed by atoms with Gasteiger partial charge in [-0.1, -0.05) is 37.0 Å². The standard InChI is InChI=1S/C12H12Cl2N4O2/c1-6(2)10-11(18(19)20)12(15)17(16-10)9-4-3-7(13)5-8(9)14/h3-6H,15H2,1-2H3. The summed E-state index contributed by atoms with van der Waals surface area (Å²) in [5.41, 5.74) is 6.43. The lowest BCUT2D eigenvalue weighted by Gasteiger charge is -2.05. The van der Waals surface area contributed by atoms with Crippen molar-refractivity contribution in [3.05, 3.63) is 44.1 Å². The third-order valence-electron chi connectivity index (χ3n) is 2.79. The smallest absolute Gasteiger partial charge is 0.334 e. The van der Waals surface area contributed by atoms with Crippen molar-refractivity contribution in [1.29, 1.82) is 0 Å². The van der Waals surface area contributed by atoms with Crippen LogP contribution in [0.5, 0.6) is 0 Å². The molecule has 0 radical (unpaired) electrons. The van der Waals surface area contributed by atoms with Gasteiger partial charge < -0.3 is 5.73 Å². The van der Waals surface area contributed by atoms with Crippen LogP contribution in [-0.4, -0.2) is 14.7 Å². The summed E-state index contributed by atoms with van der Waals surface area (Å²) in [7, 11) is 0. The molecule has 8 heteroatoms. The van der Waals surface area contributed by atoms with Crippen molar-refractivity contribution in [2.24, 2.45) is 0 Å². The number of hydrogen-bond donors (Lipinski definition) is 1. The maximum Gasteiger partial charge on any atom is 0.334 e. The predicted molar refractivity (Wildman–Crippen MR) is 78.7 cm³/mol. The molecule has 6 nitrogen and oxygen atoms in total. The fraction of sp³-hybridized carbons (Fsp3) is 0.250. The number of nitrogen functional groups attached to an aromatic ring is 1. The number of rotatable bonds is 3. The van der Waals surface area contributed by atoms with Crippen molar-refractivity contribution in [3.63, 3.8) is 0 Å². The highest BCUT2D eigenvalue weighted by Gasteiger charge is 2.28. The Morgan fingerprint density at radius 1 is 1.40 bits per heavy atom. The molecule has 2 N–H and O–H groups in total. The number of aromatic nitrogens is 2. The molecular weight excluding hydrogens is 303 g/mol. The lowest BCUT2D eigenvalue weighted by molar-refractivity contribution is -0.384. The zero-order valence-electron chi connectivity index (χ0n) is 10.8. The van der Waals surface area contributed by atoms with Crippen molar-refractivity contribution >= 4 is 34.7 Å². The lowest BCUT2D eigenvalue weighted by Crippen LogP contribution is -2.03. The molecule has 0 saturated heterocycles. The number of nitrogens with two attached hydrogens (primary N) is 1. The summed E-state index contributed by atoms with van der Waals surface area (Å²) in [6, 6.07) is 4.76. The second kappa shape index (κ2) is 5.30. The van der Waals surface area contributed by atoms with Crippen LogP contribution >= 0.6 is 23.2 Å².